The van der Waals surface area contributed by atoms with Crippen LogP contribution in [0.4, 0.5) is 0 Å². The first-order valence-corrected chi connectivity index (χ1v) is 7.75. The van der Waals surface area contributed by atoms with Crippen LogP contribution in [0.5, 0.6) is 0 Å². The maximum absolute atomic E-state index is 9.08. The number of rotatable bonds is 7. The van der Waals surface area contributed by atoms with Gasteiger partial charge in [-0.25, -0.2) is 0 Å². The highest BCUT2D eigenvalue weighted by Gasteiger charge is 2.15. The summed E-state index contributed by atoms with van der Waals surface area (Å²) in [5.74, 6) is 0. The van der Waals surface area contributed by atoms with Crippen LogP contribution in [0.15, 0.2) is 30.5 Å². The van der Waals surface area contributed by atoms with Gasteiger partial charge in [0.05, 0.1) is 11.5 Å². The molecule has 2 aromatic rings. The van der Waals surface area contributed by atoms with E-state index >= 15 is 0 Å². The van der Waals surface area contributed by atoms with E-state index in [0.29, 0.717) is 0 Å². The molecule has 1 aromatic carbocycles. The molecule has 0 atom stereocenters. The number of nitrogens with zero attached hydrogens (tertiary/aromatic N) is 2. The first-order chi connectivity index (χ1) is 10.1. The van der Waals surface area contributed by atoms with Crippen LogP contribution in [0.3, 0.4) is 0 Å². The van der Waals surface area contributed by atoms with Gasteiger partial charge in [-0.1, -0.05) is 19.1 Å². The fraction of sp³-hybridized carbons (Fsp3) is 0.500. The highest BCUT2D eigenvalue weighted by atomic mass is 14.9. The summed E-state index contributed by atoms with van der Waals surface area (Å²) in [6, 6.07) is 11.2. The minimum absolute atomic E-state index is 0.223. The molecular weight excluding hydrogens is 258 g/mol. The molecular formula is C18H25N3. The Hall–Kier alpha value is -1.79. The average molecular weight is 283 g/mol. The van der Waals surface area contributed by atoms with Gasteiger partial charge in [0.1, 0.15) is 0 Å². The molecule has 0 saturated heterocycles. The summed E-state index contributed by atoms with van der Waals surface area (Å²) in [5.41, 5.74) is 2.39. The monoisotopic (exact) mass is 283 g/mol. The lowest BCUT2D eigenvalue weighted by Crippen LogP contribution is -2.11. The predicted octanol–water partition coefficient (Wildman–Crippen LogP) is 4.08. The zero-order valence-corrected chi connectivity index (χ0v) is 13.3. The molecule has 3 nitrogen and oxygen atoms in total. The Kier molecular flexibility index (Phi) is 5.03. The van der Waals surface area contributed by atoms with Gasteiger partial charge in [0.25, 0.3) is 0 Å². The van der Waals surface area contributed by atoms with Crippen molar-refractivity contribution >= 4 is 10.9 Å². The van der Waals surface area contributed by atoms with Crippen LogP contribution in [-0.4, -0.2) is 11.1 Å². The molecule has 21 heavy (non-hydrogen) atoms. The first-order valence-electron chi connectivity index (χ1n) is 7.75. The Morgan fingerprint density at radius 1 is 1.29 bits per heavy atom. The molecule has 1 N–H and O–H groups in total. The summed E-state index contributed by atoms with van der Waals surface area (Å²) >= 11 is 0. The normalized spacial score (nSPS) is 11.7. The molecule has 112 valence electrons. The number of hydrogen-bond acceptors (Lipinski definition) is 2. The third-order valence-electron chi connectivity index (χ3n) is 3.92. The molecule has 2 rings (SSSR count). The Bertz CT molecular complexity index is 631. The molecule has 0 spiro atoms. The van der Waals surface area contributed by atoms with Gasteiger partial charge in [-0.05, 0) is 56.3 Å². The second-order valence-corrected chi connectivity index (χ2v) is 6.28. The standard InChI is InChI=1S/C18H25N3/c1-4-20-13-15-6-7-16-8-11-21(17(16)12-15)10-5-9-18(2,3)14-19/h6-8,11-12,20H,4-5,9-10,13H2,1-3H3. The lowest BCUT2D eigenvalue weighted by Gasteiger charge is -2.15. The third-order valence-corrected chi connectivity index (χ3v) is 3.92. The maximum Gasteiger partial charge on any atom is 0.0683 e. The molecule has 0 bridgehead atoms. The SMILES string of the molecule is CCNCc1ccc2ccn(CCCC(C)(C)C#N)c2c1. The highest BCUT2D eigenvalue weighted by Crippen LogP contribution is 2.23. The summed E-state index contributed by atoms with van der Waals surface area (Å²) in [6.07, 6.45) is 4.11. The highest BCUT2D eigenvalue weighted by molar-refractivity contribution is 5.80. The second kappa shape index (κ2) is 6.78. The van der Waals surface area contributed by atoms with E-state index in [0.717, 1.165) is 32.5 Å². The molecule has 0 amide bonds. The summed E-state index contributed by atoms with van der Waals surface area (Å²) in [5, 5.41) is 13.7. The Balaban J connectivity index is 2.07. The van der Waals surface area contributed by atoms with Crippen molar-refractivity contribution in [3.63, 3.8) is 0 Å². The third kappa shape index (κ3) is 4.09. The molecule has 0 fully saturated rings. The topological polar surface area (TPSA) is 40.8 Å². The Morgan fingerprint density at radius 3 is 2.81 bits per heavy atom. The number of benzene rings is 1. The minimum Gasteiger partial charge on any atom is -0.347 e. The summed E-state index contributed by atoms with van der Waals surface area (Å²) in [4.78, 5) is 0. The Morgan fingerprint density at radius 2 is 2.10 bits per heavy atom. The summed E-state index contributed by atoms with van der Waals surface area (Å²) < 4.78 is 2.30. The summed E-state index contributed by atoms with van der Waals surface area (Å²) in [6.45, 7) is 9.02. The Labute approximate surface area is 127 Å². The molecule has 3 heteroatoms. The molecule has 0 aliphatic rings. The van der Waals surface area contributed by atoms with E-state index in [9.17, 15) is 0 Å². The zero-order chi connectivity index (χ0) is 15.3. The van der Waals surface area contributed by atoms with Crippen LogP contribution in [0, 0.1) is 16.7 Å². The molecule has 0 unspecified atom stereocenters. The van der Waals surface area contributed by atoms with Crippen LogP contribution in [0.25, 0.3) is 10.9 Å². The van der Waals surface area contributed by atoms with E-state index in [-0.39, 0.29) is 5.41 Å². The fourth-order valence-electron chi connectivity index (χ4n) is 2.55. The van der Waals surface area contributed by atoms with Crippen LogP contribution >= 0.6 is 0 Å². The first kappa shape index (κ1) is 15.6. The van der Waals surface area contributed by atoms with Gasteiger partial charge in [-0.3, -0.25) is 0 Å². The van der Waals surface area contributed by atoms with Crippen molar-refractivity contribution in [1.82, 2.24) is 9.88 Å². The quantitative estimate of drug-likeness (QED) is 0.831. The van der Waals surface area contributed by atoms with E-state index in [1.54, 1.807) is 0 Å². The van der Waals surface area contributed by atoms with Gasteiger partial charge in [0, 0.05) is 24.8 Å². The van der Waals surface area contributed by atoms with Crippen molar-refractivity contribution in [3.05, 3.63) is 36.0 Å². The van der Waals surface area contributed by atoms with Gasteiger partial charge >= 0.3 is 0 Å². The van der Waals surface area contributed by atoms with Crippen molar-refractivity contribution in [2.75, 3.05) is 6.54 Å². The van der Waals surface area contributed by atoms with Gasteiger partial charge in [0.2, 0.25) is 0 Å². The molecule has 1 heterocycles. The number of fused-ring (bicyclic) bond motifs is 1. The predicted molar refractivity (Wildman–Crippen MR) is 87.9 cm³/mol. The van der Waals surface area contributed by atoms with E-state index in [2.05, 4.69) is 53.3 Å². The average Bonchev–Trinajstić information content (AvgIpc) is 2.87. The van der Waals surface area contributed by atoms with Crippen LogP contribution in [0.1, 0.15) is 39.2 Å². The number of nitrogens with one attached hydrogen (secondary N) is 1. The van der Waals surface area contributed by atoms with Crippen LogP contribution in [-0.2, 0) is 13.1 Å². The van der Waals surface area contributed by atoms with Gasteiger partial charge in [-0.15, -0.1) is 0 Å². The molecule has 1 aromatic heterocycles. The molecule has 0 radical (unpaired) electrons. The van der Waals surface area contributed by atoms with Crippen molar-refractivity contribution in [2.24, 2.45) is 5.41 Å². The van der Waals surface area contributed by atoms with Crippen molar-refractivity contribution in [2.45, 2.75) is 46.7 Å². The number of nitriles is 1. The van der Waals surface area contributed by atoms with E-state index < -0.39 is 0 Å². The smallest absolute Gasteiger partial charge is 0.0683 e. The van der Waals surface area contributed by atoms with E-state index in [4.69, 9.17) is 5.26 Å². The van der Waals surface area contributed by atoms with Crippen LogP contribution in [0.2, 0.25) is 0 Å². The van der Waals surface area contributed by atoms with Crippen molar-refractivity contribution in [1.29, 1.82) is 5.26 Å². The molecule has 0 saturated carbocycles. The zero-order valence-electron chi connectivity index (χ0n) is 13.3. The van der Waals surface area contributed by atoms with Gasteiger partial charge < -0.3 is 9.88 Å². The molecule has 0 aliphatic heterocycles. The number of aromatic nitrogens is 1. The molecule has 0 aliphatic carbocycles. The number of aryl methyl sites for hydroxylation is 1. The van der Waals surface area contributed by atoms with Crippen molar-refractivity contribution < 1.29 is 0 Å². The fourth-order valence-corrected chi connectivity index (χ4v) is 2.55. The van der Waals surface area contributed by atoms with Gasteiger partial charge in [-0.2, -0.15) is 5.26 Å². The second-order valence-electron chi connectivity index (χ2n) is 6.28. The van der Waals surface area contributed by atoms with E-state index in [1.807, 2.05) is 13.8 Å². The lowest BCUT2D eigenvalue weighted by atomic mass is 9.90. The van der Waals surface area contributed by atoms with Crippen molar-refractivity contribution in [3.8, 4) is 6.07 Å². The van der Waals surface area contributed by atoms with E-state index in [1.165, 1.54) is 16.5 Å². The lowest BCUT2D eigenvalue weighted by molar-refractivity contribution is 0.418. The van der Waals surface area contributed by atoms with Crippen LogP contribution < -0.4 is 5.32 Å². The maximum atomic E-state index is 9.08. The largest absolute Gasteiger partial charge is 0.347 e. The summed E-state index contributed by atoms with van der Waals surface area (Å²) in [7, 11) is 0. The van der Waals surface area contributed by atoms with Gasteiger partial charge in [0.15, 0.2) is 0 Å². The minimum atomic E-state index is -0.223. The number of hydrogen-bond donors (Lipinski definition) is 1.